The van der Waals surface area contributed by atoms with Gasteiger partial charge in [0.1, 0.15) is 18.1 Å². The zero-order chi connectivity index (χ0) is 28.7. The molecule has 0 fully saturated rings. The van der Waals surface area contributed by atoms with E-state index < -0.39 is 53.8 Å². The van der Waals surface area contributed by atoms with Gasteiger partial charge >= 0.3 is 5.97 Å². The molecule has 6 unspecified atom stereocenters. The lowest BCUT2D eigenvalue weighted by Crippen LogP contribution is -2.59. The molecule has 14 heteroatoms. The standard InChI is InChI=1S/C23H44N8O6/c1-5-12(3)17(21(35)31-18(22(36)37)13(4)6-2)30-20(34)15(9-10-16(25)32)29-19(33)14(24)8-7-11-28-23(26)27/h12-15,17-18H,5-11,24H2,1-4H3,(H2,25,32)(H,29,33)(H,30,34)(H,31,35)(H,36,37)(H4,26,27,28). The van der Waals surface area contributed by atoms with Gasteiger partial charge in [-0.3, -0.25) is 24.2 Å². The lowest BCUT2D eigenvalue weighted by molar-refractivity contribution is -0.144. The molecule has 0 radical (unpaired) electrons. The summed E-state index contributed by atoms with van der Waals surface area (Å²) < 4.78 is 0. The average molecular weight is 529 g/mol. The second-order valence-corrected chi connectivity index (χ2v) is 9.20. The summed E-state index contributed by atoms with van der Waals surface area (Å²) in [5.41, 5.74) is 21.7. The van der Waals surface area contributed by atoms with Crippen molar-refractivity contribution in [2.45, 2.75) is 90.4 Å². The fraction of sp³-hybridized carbons (Fsp3) is 0.739. The summed E-state index contributed by atoms with van der Waals surface area (Å²) in [6.45, 7) is 7.32. The third kappa shape index (κ3) is 12.9. The van der Waals surface area contributed by atoms with Crippen molar-refractivity contribution in [1.29, 1.82) is 0 Å². The van der Waals surface area contributed by atoms with Gasteiger partial charge in [-0.1, -0.05) is 40.5 Å². The van der Waals surface area contributed by atoms with Crippen LogP contribution in [0.1, 0.15) is 66.2 Å². The number of amides is 4. The normalized spacial score (nSPS) is 15.7. The Morgan fingerprint density at radius 3 is 1.84 bits per heavy atom. The van der Waals surface area contributed by atoms with Crippen LogP contribution in [0.3, 0.4) is 0 Å². The quantitative estimate of drug-likeness (QED) is 0.0569. The summed E-state index contributed by atoms with van der Waals surface area (Å²) in [6, 6.07) is -4.39. The SMILES string of the molecule is CCC(C)C(NC(=O)C(NC(=O)C(CCC(N)=O)NC(=O)C(N)CCCN=C(N)N)C(C)CC)C(=O)O. The molecule has 37 heavy (non-hydrogen) atoms. The number of aliphatic imine (C=N–C) groups is 1. The molecule has 0 aliphatic rings. The number of nitrogens with zero attached hydrogens (tertiary/aromatic N) is 1. The van der Waals surface area contributed by atoms with Gasteiger partial charge in [-0.25, -0.2) is 4.79 Å². The first-order valence-corrected chi connectivity index (χ1v) is 12.5. The highest BCUT2D eigenvalue weighted by atomic mass is 16.4. The van der Waals surface area contributed by atoms with Crippen molar-refractivity contribution in [2.75, 3.05) is 6.54 Å². The van der Waals surface area contributed by atoms with Crippen molar-refractivity contribution >= 4 is 35.6 Å². The van der Waals surface area contributed by atoms with Gasteiger partial charge < -0.3 is 44.0 Å². The summed E-state index contributed by atoms with van der Waals surface area (Å²) in [5, 5.41) is 17.2. The molecular formula is C23H44N8O6. The van der Waals surface area contributed by atoms with Crippen LogP contribution in [0.25, 0.3) is 0 Å². The largest absolute Gasteiger partial charge is 0.480 e. The van der Waals surface area contributed by atoms with Gasteiger partial charge in [0.2, 0.25) is 23.6 Å². The molecule has 4 amide bonds. The maximum atomic E-state index is 13.1. The first-order chi connectivity index (χ1) is 17.2. The first kappa shape index (κ1) is 33.6. The molecule has 0 aromatic heterocycles. The van der Waals surface area contributed by atoms with E-state index in [9.17, 15) is 29.1 Å². The Kier molecular flexibility index (Phi) is 15.5. The van der Waals surface area contributed by atoms with E-state index in [-0.39, 0.29) is 43.6 Å². The third-order valence-corrected chi connectivity index (χ3v) is 6.19. The van der Waals surface area contributed by atoms with Crippen LogP contribution in [-0.2, 0) is 24.0 Å². The van der Waals surface area contributed by atoms with Crippen LogP contribution in [0.15, 0.2) is 4.99 Å². The molecule has 0 saturated carbocycles. The van der Waals surface area contributed by atoms with Gasteiger partial charge in [0.15, 0.2) is 5.96 Å². The lowest BCUT2D eigenvalue weighted by Gasteiger charge is -2.29. The number of aliphatic carboxylic acids is 1. The van der Waals surface area contributed by atoms with Gasteiger partial charge in [0.25, 0.3) is 0 Å². The molecule has 0 heterocycles. The van der Waals surface area contributed by atoms with Gasteiger partial charge in [-0.2, -0.15) is 0 Å². The molecule has 0 aromatic rings. The number of carboxylic acids is 1. The molecule has 14 nitrogen and oxygen atoms in total. The highest BCUT2D eigenvalue weighted by Gasteiger charge is 2.34. The minimum Gasteiger partial charge on any atom is -0.480 e. The Morgan fingerprint density at radius 2 is 1.35 bits per heavy atom. The second-order valence-electron chi connectivity index (χ2n) is 9.20. The molecule has 0 rings (SSSR count). The van der Waals surface area contributed by atoms with Crippen LogP contribution < -0.4 is 38.9 Å². The number of primary amides is 1. The Morgan fingerprint density at radius 1 is 0.811 bits per heavy atom. The molecule has 6 atom stereocenters. The molecule has 0 aliphatic heterocycles. The van der Waals surface area contributed by atoms with E-state index in [0.29, 0.717) is 19.3 Å². The van der Waals surface area contributed by atoms with Gasteiger partial charge in [0, 0.05) is 13.0 Å². The summed E-state index contributed by atoms with van der Waals surface area (Å²) >= 11 is 0. The average Bonchev–Trinajstić information content (AvgIpc) is 2.83. The topological polar surface area (TPSA) is 258 Å². The summed E-state index contributed by atoms with van der Waals surface area (Å²) in [6.07, 6.45) is 1.35. The number of carbonyl (C=O) groups is 5. The van der Waals surface area contributed by atoms with Crippen LogP contribution >= 0.6 is 0 Å². The van der Waals surface area contributed by atoms with E-state index in [1.165, 1.54) is 0 Å². The van der Waals surface area contributed by atoms with Gasteiger partial charge in [-0.05, 0) is 31.1 Å². The van der Waals surface area contributed by atoms with E-state index >= 15 is 0 Å². The van der Waals surface area contributed by atoms with Crippen molar-refractivity contribution in [2.24, 2.45) is 39.8 Å². The number of nitrogens with two attached hydrogens (primary N) is 4. The van der Waals surface area contributed by atoms with E-state index in [1.807, 2.05) is 6.92 Å². The van der Waals surface area contributed by atoms with Crippen molar-refractivity contribution < 1.29 is 29.1 Å². The lowest BCUT2D eigenvalue weighted by atomic mass is 9.95. The number of guanidine groups is 1. The zero-order valence-electron chi connectivity index (χ0n) is 22.2. The molecule has 0 saturated heterocycles. The molecule has 0 spiro atoms. The molecule has 212 valence electrons. The predicted molar refractivity (Wildman–Crippen MR) is 139 cm³/mol. The van der Waals surface area contributed by atoms with Crippen LogP contribution in [0.2, 0.25) is 0 Å². The predicted octanol–water partition coefficient (Wildman–Crippen LogP) is -1.74. The van der Waals surface area contributed by atoms with Crippen molar-refractivity contribution in [1.82, 2.24) is 16.0 Å². The number of rotatable bonds is 18. The maximum absolute atomic E-state index is 13.1. The number of hydrogen-bond acceptors (Lipinski definition) is 7. The second kappa shape index (κ2) is 17.1. The summed E-state index contributed by atoms with van der Waals surface area (Å²) in [5.74, 6) is -4.67. The van der Waals surface area contributed by atoms with Crippen LogP contribution in [0.5, 0.6) is 0 Å². The Labute approximate surface area is 217 Å². The fourth-order valence-corrected chi connectivity index (χ4v) is 3.37. The van der Waals surface area contributed by atoms with E-state index in [1.54, 1.807) is 20.8 Å². The van der Waals surface area contributed by atoms with Crippen LogP contribution in [0.4, 0.5) is 0 Å². The monoisotopic (exact) mass is 528 g/mol. The number of nitrogens with one attached hydrogen (secondary N) is 3. The van der Waals surface area contributed by atoms with E-state index in [4.69, 9.17) is 22.9 Å². The van der Waals surface area contributed by atoms with Gasteiger partial charge in [-0.15, -0.1) is 0 Å². The van der Waals surface area contributed by atoms with Crippen molar-refractivity contribution in [3.63, 3.8) is 0 Å². The fourth-order valence-electron chi connectivity index (χ4n) is 3.37. The minimum atomic E-state index is -1.20. The summed E-state index contributed by atoms with van der Waals surface area (Å²) in [7, 11) is 0. The van der Waals surface area contributed by atoms with Crippen molar-refractivity contribution in [3.05, 3.63) is 0 Å². The molecule has 0 bridgehead atoms. The number of carbonyl (C=O) groups excluding carboxylic acids is 4. The van der Waals surface area contributed by atoms with Crippen LogP contribution in [-0.4, -0.2) is 71.4 Å². The minimum absolute atomic E-state index is 0.0834. The highest BCUT2D eigenvalue weighted by molar-refractivity contribution is 5.94. The number of carboxylic acid groups (broad SMARTS) is 1. The van der Waals surface area contributed by atoms with Gasteiger partial charge in [0.05, 0.1) is 6.04 Å². The molecular weight excluding hydrogens is 484 g/mol. The van der Waals surface area contributed by atoms with E-state index in [0.717, 1.165) is 0 Å². The highest BCUT2D eigenvalue weighted by Crippen LogP contribution is 2.13. The smallest absolute Gasteiger partial charge is 0.326 e. The third-order valence-electron chi connectivity index (χ3n) is 6.19. The summed E-state index contributed by atoms with van der Waals surface area (Å²) in [4.78, 5) is 65.6. The van der Waals surface area contributed by atoms with Crippen LogP contribution in [0, 0.1) is 11.8 Å². The molecule has 12 N–H and O–H groups in total. The van der Waals surface area contributed by atoms with Crippen molar-refractivity contribution in [3.8, 4) is 0 Å². The number of hydrogen-bond donors (Lipinski definition) is 8. The molecule has 0 aliphatic carbocycles. The Hall–Kier alpha value is -3.42. The Balaban J connectivity index is 5.57. The maximum Gasteiger partial charge on any atom is 0.326 e. The Bertz CT molecular complexity index is 817. The van der Waals surface area contributed by atoms with E-state index in [2.05, 4.69) is 20.9 Å². The molecule has 0 aromatic carbocycles. The first-order valence-electron chi connectivity index (χ1n) is 12.5. The zero-order valence-corrected chi connectivity index (χ0v) is 22.2.